The molecule has 3 nitrogen and oxygen atoms in total. The van der Waals surface area contributed by atoms with Crippen molar-refractivity contribution in [3.8, 4) is 6.07 Å². The Morgan fingerprint density at radius 1 is 1.10 bits per heavy atom. The van der Waals surface area contributed by atoms with Crippen LogP contribution in [0, 0.1) is 11.3 Å². The highest BCUT2D eigenvalue weighted by Crippen LogP contribution is 2.25. The van der Waals surface area contributed by atoms with Gasteiger partial charge in [0.25, 0.3) is 0 Å². The van der Waals surface area contributed by atoms with Crippen LogP contribution in [0.1, 0.15) is 33.0 Å². The van der Waals surface area contributed by atoms with Crippen molar-refractivity contribution in [1.82, 2.24) is 0 Å². The van der Waals surface area contributed by atoms with Crippen molar-refractivity contribution in [2.24, 2.45) is 0 Å². The summed E-state index contributed by atoms with van der Waals surface area (Å²) in [5.41, 5.74) is 3.47. The number of carbonyl (C=O) groups is 1. The molecule has 0 spiro atoms. The van der Waals surface area contributed by atoms with E-state index >= 15 is 0 Å². The first-order valence-corrected chi connectivity index (χ1v) is 6.48. The smallest absolute Gasteiger partial charge is 0.184 e. The fourth-order valence-corrected chi connectivity index (χ4v) is 2.42. The summed E-state index contributed by atoms with van der Waals surface area (Å²) >= 11 is 0. The van der Waals surface area contributed by atoms with Gasteiger partial charge in [0.1, 0.15) is 5.92 Å². The maximum Gasteiger partial charge on any atom is 0.184 e. The average Bonchev–Trinajstić information content (AvgIpc) is 2.96. The van der Waals surface area contributed by atoms with Crippen molar-refractivity contribution in [2.45, 2.75) is 19.1 Å². The number of Topliss-reactive ketones (excluding diaryl/α,β-unsaturated/α-hetero) is 1. The average molecular weight is 263 g/mol. The molecular weight excluding hydrogens is 250 g/mol. The zero-order valence-corrected chi connectivity index (χ0v) is 10.9. The molecule has 1 atom stereocenters. The van der Waals surface area contributed by atoms with Gasteiger partial charge in [0.2, 0.25) is 0 Å². The molecule has 0 saturated carbocycles. The number of ketones is 1. The molecule has 98 valence electrons. The second kappa shape index (κ2) is 5.28. The van der Waals surface area contributed by atoms with Gasteiger partial charge >= 0.3 is 0 Å². The van der Waals surface area contributed by atoms with E-state index in [1.807, 2.05) is 42.5 Å². The molecule has 2 aromatic carbocycles. The first-order chi connectivity index (χ1) is 9.79. The Morgan fingerprint density at radius 3 is 2.60 bits per heavy atom. The fraction of sp³-hybridized carbons (Fsp3) is 0.176. The first-order valence-electron chi connectivity index (χ1n) is 6.48. The van der Waals surface area contributed by atoms with E-state index in [4.69, 9.17) is 4.74 Å². The van der Waals surface area contributed by atoms with Crippen LogP contribution >= 0.6 is 0 Å². The van der Waals surface area contributed by atoms with Gasteiger partial charge in [-0.2, -0.15) is 5.26 Å². The summed E-state index contributed by atoms with van der Waals surface area (Å²) in [6, 6.07) is 16.8. The molecule has 1 unspecified atom stereocenters. The van der Waals surface area contributed by atoms with Gasteiger partial charge in [-0.15, -0.1) is 0 Å². The van der Waals surface area contributed by atoms with Crippen molar-refractivity contribution in [2.75, 3.05) is 0 Å². The fourth-order valence-electron chi connectivity index (χ4n) is 2.42. The Labute approximate surface area is 117 Å². The first kappa shape index (κ1) is 12.6. The maximum absolute atomic E-state index is 12.5. The van der Waals surface area contributed by atoms with Crippen molar-refractivity contribution >= 4 is 5.78 Å². The SMILES string of the molecule is N#CC(C(=O)c1ccc2c(c1)COC2)c1ccccc1. The van der Waals surface area contributed by atoms with Gasteiger partial charge in [0.05, 0.1) is 19.3 Å². The predicted octanol–water partition coefficient (Wildman–Crippen LogP) is 3.21. The van der Waals surface area contributed by atoms with E-state index < -0.39 is 5.92 Å². The molecule has 0 bridgehead atoms. The molecule has 0 N–H and O–H groups in total. The molecule has 0 aromatic heterocycles. The molecule has 3 heteroatoms. The third kappa shape index (κ3) is 2.22. The van der Waals surface area contributed by atoms with Gasteiger partial charge in [-0.25, -0.2) is 0 Å². The summed E-state index contributed by atoms with van der Waals surface area (Å²) in [6.07, 6.45) is 0. The van der Waals surface area contributed by atoms with Crippen LogP contribution in [-0.4, -0.2) is 5.78 Å². The largest absolute Gasteiger partial charge is 0.372 e. The van der Waals surface area contributed by atoms with Crippen LogP contribution in [0.4, 0.5) is 0 Å². The van der Waals surface area contributed by atoms with E-state index in [-0.39, 0.29) is 5.78 Å². The van der Waals surface area contributed by atoms with Crippen LogP contribution in [0.5, 0.6) is 0 Å². The maximum atomic E-state index is 12.5. The van der Waals surface area contributed by atoms with Gasteiger partial charge in [0, 0.05) is 5.56 Å². The monoisotopic (exact) mass is 263 g/mol. The molecule has 1 heterocycles. The molecule has 1 aliphatic heterocycles. The Morgan fingerprint density at radius 2 is 1.85 bits per heavy atom. The number of rotatable bonds is 3. The second-order valence-electron chi connectivity index (χ2n) is 4.81. The van der Waals surface area contributed by atoms with Crippen LogP contribution < -0.4 is 0 Å². The van der Waals surface area contributed by atoms with E-state index in [0.717, 1.165) is 16.7 Å². The van der Waals surface area contributed by atoms with E-state index in [0.29, 0.717) is 18.8 Å². The zero-order chi connectivity index (χ0) is 13.9. The summed E-state index contributed by atoms with van der Waals surface area (Å²) in [5, 5.41) is 9.31. The molecule has 20 heavy (non-hydrogen) atoms. The lowest BCUT2D eigenvalue weighted by Crippen LogP contribution is -2.11. The summed E-state index contributed by atoms with van der Waals surface area (Å²) in [5.74, 6) is -0.912. The van der Waals surface area contributed by atoms with E-state index in [1.165, 1.54) is 0 Å². The minimum Gasteiger partial charge on any atom is -0.372 e. The van der Waals surface area contributed by atoms with Crippen molar-refractivity contribution < 1.29 is 9.53 Å². The summed E-state index contributed by atoms with van der Waals surface area (Å²) in [6.45, 7) is 1.14. The summed E-state index contributed by atoms with van der Waals surface area (Å²) < 4.78 is 5.34. The number of hydrogen-bond acceptors (Lipinski definition) is 3. The number of hydrogen-bond donors (Lipinski definition) is 0. The lowest BCUT2D eigenvalue weighted by atomic mass is 9.91. The van der Waals surface area contributed by atoms with Crippen LogP contribution in [0.25, 0.3) is 0 Å². The van der Waals surface area contributed by atoms with Crippen LogP contribution in [-0.2, 0) is 18.0 Å². The topological polar surface area (TPSA) is 50.1 Å². The highest BCUT2D eigenvalue weighted by atomic mass is 16.5. The van der Waals surface area contributed by atoms with Crippen LogP contribution in [0.2, 0.25) is 0 Å². The summed E-state index contributed by atoms with van der Waals surface area (Å²) in [7, 11) is 0. The Bertz CT molecular complexity index is 686. The van der Waals surface area contributed by atoms with E-state index in [1.54, 1.807) is 6.07 Å². The number of benzene rings is 2. The minimum atomic E-state index is -0.753. The highest BCUT2D eigenvalue weighted by Gasteiger charge is 2.23. The van der Waals surface area contributed by atoms with E-state index in [9.17, 15) is 10.1 Å². The lowest BCUT2D eigenvalue weighted by Gasteiger charge is -2.09. The molecule has 0 amide bonds. The quantitative estimate of drug-likeness (QED) is 0.799. The van der Waals surface area contributed by atoms with Crippen molar-refractivity contribution in [3.05, 3.63) is 70.8 Å². The van der Waals surface area contributed by atoms with Gasteiger partial charge in [-0.1, -0.05) is 42.5 Å². The third-order valence-corrected chi connectivity index (χ3v) is 3.53. The van der Waals surface area contributed by atoms with Gasteiger partial charge < -0.3 is 4.74 Å². The number of fused-ring (bicyclic) bond motifs is 1. The van der Waals surface area contributed by atoms with Gasteiger partial charge in [-0.3, -0.25) is 4.79 Å². The molecule has 0 aliphatic carbocycles. The van der Waals surface area contributed by atoms with Crippen molar-refractivity contribution in [3.63, 3.8) is 0 Å². The minimum absolute atomic E-state index is 0.159. The van der Waals surface area contributed by atoms with Crippen LogP contribution in [0.3, 0.4) is 0 Å². The zero-order valence-electron chi connectivity index (χ0n) is 10.9. The Kier molecular flexibility index (Phi) is 3.32. The summed E-state index contributed by atoms with van der Waals surface area (Å²) in [4.78, 5) is 12.5. The van der Waals surface area contributed by atoms with Crippen LogP contribution in [0.15, 0.2) is 48.5 Å². The number of ether oxygens (including phenoxy) is 1. The number of carbonyl (C=O) groups excluding carboxylic acids is 1. The van der Waals surface area contributed by atoms with Gasteiger partial charge in [-0.05, 0) is 22.8 Å². The van der Waals surface area contributed by atoms with Crippen molar-refractivity contribution in [1.29, 1.82) is 5.26 Å². The molecule has 2 aromatic rings. The normalized spacial score (nSPS) is 14.3. The lowest BCUT2D eigenvalue weighted by molar-refractivity contribution is 0.0978. The number of nitriles is 1. The molecule has 1 aliphatic rings. The standard InChI is InChI=1S/C17H13NO2/c18-9-16(12-4-2-1-3-5-12)17(19)13-6-7-14-10-20-11-15(14)8-13/h1-8,16H,10-11H2. The second-order valence-corrected chi connectivity index (χ2v) is 4.81. The Balaban J connectivity index is 1.94. The molecular formula is C17H13NO2. The Hall–Kier alpha value is -2.44. The third-order valence-electron chi connectivity index (χ3n) is 3.53. The molecule has 0 radical (unpaired) electrons. The van der Waals surface area contributed by atoms with Gasteiger partial charge in [0.15, 0.2) is 5.78 Å². The highest BCUT2D eigenvalue weighted by molar-refractivity contribution is 6.02. The van der Waals surface area contributed by atoms with E-state index in [2.05, 4.69) is 6.07 Å². The molecule has 3 rings (SSSR count). The predicted molar refractivity (Wildman–Crippen MR) is 74.1 cm³/mol. The molecule has 0 saturated heterocycles. The molecule has 0 fully saturated rings. The number of nitrogens with zero attached hydrogens (tertiary/aromatic N) is 1.